The molecule has 0 bridgehead atoms. The van der Waals surface area contributed by atoms with Crippen LogP contribution in [0.25, 0.3) is 0 Å². The number of anilines is 1. The molecule has 1 amide bonds. The molecule has 1 aromatic rings. The van der Waals surface area contributed by atoms with Gasteiger partial charge >= 0.3 is 0 Å². The van der Waals surface area contributed by atoms with Gasteiger partial charge in [-0.1, -0.05) is 12.2 Å². The summed E-state index contributed by atoms with van der Waals surface area (Å²) in [6.07, 6.45) is 0.648. The first-order valence-corrected chi connectivity index (χ1v) is 6.60. The summed E-state index contributed by atoms with van der Waals surface area (Å²) in [5.74, 6) is -1.55. The Morgan fingerprint density at radius 1 is 1.45 bits per heavy atom. The summed E-state index contributed by atoms with van der Waals surface area (Å²) in [6, 6.07) is 2.17. The lowest BCUT2D eigenvalue weighted by atomic mass is 10.1. The molecule has 1 fully saturated rings. The van der Waals surface area contributed by atoms with Crippen molar-refractivity contribution < 1.29 is 13.6 Å². The van der Waals surface area contributed by atoms with Crippen molar-refractivity contribution in [2.75, 3.05) is 18.0 Å². The number of halogens is 2. The number of amides is 1. The third kappa shape index (κ3) is 3.04. The number of nitrogens with one attached hydrogen (secondary N) is 1. The first kappa shape index (κ1) is 14.6. The van der Waals surface area contributed by atoms with E-state index in [0.29, 0.717) is 19.5 Å². The highest BCUT2D eigenvalue weighted by molar-refractivity contribution is 7.80. The van der Waals surface area contributed by atoms with E-state index in [1.54, 1.807) is 4.90 Å². The lowest BCUT2D eigenvalue weighted by molar-refractivity contribution is -0.119. The molecule has 108 valence electrons. The number of carbonyl (C=O) groups is 1. The molecule has 1 unspecified atom stereocenters. The molecule has 0 aliphatic carbocycles. The normalized spacial score (nSPS) is 18.1. The minimum atomic E-state index is -0.698. The number of rotatable bonds is 3. The van der Waals surface area contributed by atoms with E-state index in [0.717, 1.165) is 12.1 Å². The summed E-state index contributed by atoms with van der Waals surface area (Å²) >= 11 is 4.71. The van der Waals surface area contributed by atoms with Crippen LogP contribution in [0.5, 0.6) is 0 Å². The van der Waals surface area contributed by atoms with E-state index in [4.69, 9.17) is 18.0 Å². The van der Waals surface area contributed by atoms with Crippen LogP contribution < -0.4 is 16.0 Å². The van der Waals surface area contributed by atoms with E-state index in [2.05, 4.69) is 5.32 Å². The van der Waals surface area contributed by atoms with Crippen molar-refractivity contribution in [2.45, 2.75) is 19.4 Å². The average Bonchev–Trinajstić information content (AvgIpc) is 2.75. The zero-order valence-electron chi connectivity index (χ0n) is 11.0. The lowest BCUT2D eigenvalue weighted by Crippen LogP contribution is -2.35. The Morgan fingerprint density at radius 2 is 2.05 bits per heavy atom. The van der Waals surface area contributed by atoms with Crippen molar-refractivity contribution in [3.05, 3.63) is 29.3 Å². The van der Waals surface area contributed by atoms with Gasteiger partial charge in [0, 0.05) is 31.6 Å². The molecule has 7 heteroatoms. The molecule has 1 aliphatic rings. The third-order valence-electron chi connectivity index (χ3n) is 3.21. The first-order chi connectivity index (χ1) is 9.38. The van der Waals surface area contributed by atoms with Gasteiger partial charge in [-0.2, -0.15) is 0 Å². The molecule has 1 heterocycles. The van der Waals surface area contributed by atoms with Crippen molar-refractivity contribution in [1.29, 1.82) is 0 Å². The Morgan fingerprint density at radius 3 is 2.55 bits per heavy atom. The van der Waals surface area contributed by atoms with E-state index < -0.39 is 11.6 Å². The monoisotopic (exact) mass is 299 g/mol. The molecule has 1 aliphatic heterocycles. The molecule has 0 radical (unpaired) electrons. The predicted octanol–water partition coefficient (Wildman–Crippen LogP) is 1.31. The van der Waals surface area contributed by atoms with Crippen LogP contribution in [0.2, 0.25) is 0 Å². The van der Waals surface area contributed by atoms with Gasteiger partial charge in [0.05, 0.1) is 0 Å². The second kappa shape index (κ2) is 5.70. The van der Waals surface area contributed by atoms with E-state index in [-0.39, 0.29) is 28.2 Å². The van der Waals surface area contributed by atoms with Crippen LogP contribution in [0.1, 0.15) is 18.9 Å². The topological polar surface area (TPSA) is 58.4 Å². The maximum absolute atomic E-state index is 14.0. The van der Waals surface area contributed by atoms with Gasteiger partial charge in [-0.25, -0.2) is 8.78 Å². The number of thiocarbonyl (C=S) groups is 1. The van der Waals surface area contributed by atoms with Crippen molar-refractivity contribution in [1.82, 2.24) is 5.32 Å². The van der Waals surface area contributed by atoms with Crippen LogP contribution in [0, 0.1) is 11.6 Å². The van der Waals surface area contributed by atoms with Gasteiger partial charge in [-0.3, -0.25) is 4.79 Å². The second-order valence-corrected chi connectivity index (χ2v) is 5.22. The van der Waals surface area contributed by atoms with Crippen molar-refractivity contribution in [3.8, 4) is 0 Å². The van der Waals surface area contributed by atoms with E-state index >= 15 is 0 Å². The SMILES string of the molecule is CC(=O)NC1CCN(c2c(F)cc(C(N)=S)cc2F)C1. The smallest absolute Gasteiger partial charge is 0.217 e. The molecular formula is C13H15F2N3OS. The molecule has 1 atom stereocenters. The van der Waals surface area contributed by atoms with Crippen molar-refractivity contribution in [3.63, 3.8) is 0 Å². The zero-order valence-corrected chi connectivity index (χ0v) is 11.8. The van der Waals surface area contributed by atoms with Crippen LogP contribution in [0.3, 0.4) is 0 Å². The minimum absolute atomic E-state index is 0.0492. The minimum Gasteiger partial charge on any atom is -0.389 e. The number of nitrogens with zero attached hydrogens (tertiary/aromatic N) is 1. The summed E-state index contributed by atoms with van der Waals surface area (Å²) in [5.41, 5.74) is 5.43. The quantitative estimate of drug-likeness (QED) is 0.826. The molecule has 4 nitrogen and oxygen atoms in total. The molecule has 1 saturated heterocycles. The average molecular weight is 299 g/mol. The fraction of sp³-hybridized carbons (Fsp3) is 0.385. The summed E-state index contributed by atoms with van der Waals surface area (Å²) in [7, 11) is 0. The van der Waals surface area contributed by atoms with E-state index in [9.17, 15) is 13.6 Å². The van der Waals surface area contributed by atoms with Gasteiger partial charge < -0.3 is 16.0 Å². The van der Waals surface area contributed by atoms with Crippen LogP contribution in [-0.4, -0.2) is 30.0 Å². The number of nitrogens with two attached hydrogens (primary N) is 1. The number of benzene rings is 1. The lowest BCUT2D eigenvalue weighted by Gasteiger charge is -2.20. The van der Waals surface area contributed by atoms with Crippen molar-refractivity contribution in [2.24, 2.45) is 5.73 Å². The van der Waals surface area contributed by atoms with Crippen LogP contribution >= 0.6 is 12.2 Å². The Labute approximate surface area is 120 Å². The van der Waals surface area contributed by atoms with Gasteiger partial charge in [0.1, 0.15) is 22.3 Å². The highest BCUT2D eigenvalue weighted by Crippen LogP contribution is 2.28. The summed E-state index contributed by atoms with van der Waals surface area (Å²) in [4.78, 5) is 12.5. The molecule has 3 N–H and O–H groups in total. The molecule has 20 heavy (non-hydrogen) atoms. The molecular weight excluding hydrogens is 284 g/mol. The third-order valence-corrected chi connectivity index (χ3v) is 3.45. The predicted molar refractivity (Wildman–Crippen MR) is 76.7 cm³/mol. The maximum Gasteiger partial charge on any atom is 0.217 e. The van der Waals surface area contributed by atoms with Gasteiger partial charge in [0.15, 0.2) is 0 Å². The fourth-order valence-electron chi connectivity index (χ4n) is 2.38. The Balaban J connectivity index is 2.22. The highest BCUT2D eigenvalue weighted by atomic mass is 32.1. The Hall–Kier alpha value is -1.76. The maximum atomic E-state index is 14.0. The van der Waals surface area contributed by atoms with Gasteiger partial charge in [0.25, 0.3) is 0 Å². The van der Waals surface area contributed by atoms with Gasteiger partial charge in [-0.05, 0) is 18.6 Å². The summed E-state index contributed by atoms with van der Waals surface area (Å²) in [5, 5.41) is 2.74. The summed E-state index contributed by atoms with van der Waals surface area (Å²) < 4.78 is 28.1. The second-order valence-electron chi connectivity index (χ2n) is 4.78. The largest absolute Gasteiger partial charge is 0.389 e. The molecule has 0 aromatic heterocycles. The van der Waals surface area contributed by atoms with Gasteiger partial charge in [-0.15, -0.1) is 0 Å². The van der Waals surface area contributed by atoms with Crippen molar-refractivity contribution >= 4 is 28.8 Å². The molecule has 1 aromatic carbocycles. The number of carbonyl (C=O) groups excluding carboxylic acids is 1. The number of hydrogen-bond acceptors (Lipinski definition) is 3. The van der Waals surface area contributed by atoms with Gasteiger partial charge in [0.2, 0.25) is 5.91 Å². The van der Waals surface area contributed by atoms with E-state index in [1.165, 1.54) is 6.92 Å². The van der Waals surface area contributed by atoms with E-state index in [1.807, 2.05) is 0 Å². The first-order valence-electron chi connectivity index (χ1n) is 6.19. The summed E-state index contributed by atoms with van der Waals surface area (Å²) in [6.45, 7) is 2.27. The molecule has 2 rings (SSSR count). The zero-order chi connectivity index (χ0) is 14.9. The Bertz CT molecular complexity index is 542. The van der Waals surface area contributed by atoms with Crippen LogP contribution in [0.15, 0.2) is 12.1 Å². The Kier molecular flexibility index (Phi) is 4.17. The number of hydrogen-bond donors (Lipinski definition) is 2. The van der Waals surface area contributed by atoms with Crippen LogP contribution in [0.4, 0.5) is 14.5 Å². The van der Waals surface area contributed by atoms with Crippen LogP contribution in [-0.2, 0) is 4.79 Å². The standard InChI is InChI=1S/C13H15F2N3OS/c1-7(19)17-9-2-3-18(6-9)12-10(14)4-8(13(16)20)5-11(12)15/h4-5,9H,2-3,6H2,1H3,(H2,16,20)(H,17,19). The fourth-order valence-corrected chi connectivity index (χ4v) is 2.50. The highest BCUT2D eigenvalue weighted by Gasteiger charge is 2.27. The molecule has 0 spiro atoms. The molecule has 0 saturated carbocycles.